The van der Waals surface area contributed by atoms with E-state index in [1.54, 1.807) is 0 Å². The van der Waals surface area contributed by atoms with Crippen molar-refractivity contribution < 1.29 is 0 Å². The summed E-state index contributed by atoms with van der Waals surface area (Å²) in [6.07, 6.45) is 7.62. The van der Waals surface area contributed by atoms with Crippen molar-refractivity contribution in [2.75, 3.05) is 6.54 Å². The van der Waals surface area contributed by atoms with Crippen LogP contribution in [0.25, 0.3) is 0 Å². The highest BCUT2D eigenvalue weighted by atomic mass is 15.3. The Bertz CT molecular complexity index is 289. The van der Waals surface area contributed by atoms with Crippen LogP contribution in [0, 0.1) is 11.3 Å². The van der Waals surface area contributed by atoms with E-state index in [-0.39, 0.29) is 11.9 Å². The molecular formula is C11H21N5. The first kappa shape index (κ1) is 11.2. The van der Waals surface area contributed by atoms with Gasteiger partial charge in [-0.25, -0.2) is 0 Å². The molecule has 2 rings (SSSR count). The van der Waals surface area contributed by atoms with Crippen molar-refractivity contribution in [3.8, 4) is 0 Å². The van der Waals surface area contributed by atoms with E-state index in [1.807, 2.05) is 0 Å². The SMILES string of the molecule is N=C(N=C(N)N)N1CCCC1C1CCCC1. The third-order valence-electron chi connectivity index (χ3n) is 3.75. The molecule has 1 heterocycles. The average molecular weight is 223 g/mol. The number of nitrogens with two attached hydrogens (primary N) is 2. The van der Waals surface area contributed by atoms with Gasteiger partial charge in [-0.2, -0.15) is 4.99 Å². The Hall–Kier alpha value is -1.26. The molecule has 5 nitrogen and oxygen atoms in total. The van der Waals surface area contributed by atoms with Gasteiger partial charge in [0.15, 0.2) is 5.96 Å². The zero-order valence-electron chi connectivity index (χ0n) is 9.65. The molecule has 1 unspecified atom stereocenters. The van der Waals surface area contributed by atoms with E-state index in [0.29, 0.717) is 6.04 Å². The van der Waals surface area contributed by atoms with Crippen LogP contribution in [0.5, 0.6) is 0 Å². The zero-order valence-corrected chi connectivity index (χ0v) is 9.65. The van der Waals surface area contributed by atoms with Crippen LogP contribution < -0.4 is 11.5 Å². The molecule has 0 bridgehead atoms. The lowest BCUT2D eigenvalue weighted by atomic mass is 9.96. The van der Waals surface area contributed by atoms with Gasteiger partial charge in [-0.05, 0) is 31.6 Å². The van der Waals surface area contributed by atoms with Gasteiger partial charge in [0.1, 0.15) is 0 Å². The maximum Gasteiger partial charge on any atom is 0.221 e. The minimum atomic E-state index is -0.0120. The Morgan fingerprint density at radius 2 is 1.81 bits per heavy atom. The maximum atomic E-state index is 7.89. The molecule has 0 amide bonds. The van der Waals surface area contributed by atoms with Crippen LogP contribution in [0.3, 0.4) is 0 Å². The van der Waals surface area contributed by atoms with Crippen LogP contribution in [0.1, 0.15) is 38.5 Å². The Morgan fingerprint density at radius 1 is 1.12 bits per heavy atom. The van der Waals surface area contributed by atoms with Crippen LogP contribution in [0.2, 0.25) is 0 Å². The highest BCUT2D eigenvalue weighted by Crippen LogP contribution is 2.35. The zero-order chi connectivity index (χ0) is 11.5. The Balaban J connectivity index is 2.02. The molecule has 0 spiro atoms. The summed E-state index contributed by atoms with van der Waals surface area (Å²) in [6, 6.07) is 0.498. The van der Waals surface area contributed by atoms with Gasteiger partial charge in [-0.15, -0.1) is 0 Å². The Labute approximate surface area is 96.4 Å². The number of hydrogen-bond acceptors (Lipinski definition) is 1. The summed E-state index contributed by atoms with van der Waals surface area (Å²) in [5.41, 5.74) is 10.6. The van der Waals surface area contributed by atoms with E-state index < -0.39 is 0 Å². The maximum absolute atomic E-state index is 7.89. The number of hydrogen-bond donors (Lipinski definition) is 3. The van der Waals surface area contributed by atoms with Crippen LogP contribution in [-0.4, -0.2) is 29.4 Å². The molecule has 16 heavy (non-hydrogen) atoms. The van der Waals surface area contributed by atoms with Crippen LogP contribution in [0.4, 0.5) is 0 Å². The predicted octanol–water partition coefficient (Wildman–Crippen LogP) is 0.849. The topological polar surface area (TPSA) is 91.5 Å². The van der Waals surface area contributed by atoms with Gasteiger partial charge in [-0.1, -0.05) is 12.8 Å². The van der Waals surface area contributed by atoms with Crippen LogP contribution >= 0.6 is 0 Å². The number of nitrogens with one attached hydrogen (secondary N) is 1. The summed E-state index contributed by atoms with van der Waals surface area (Å²) in [6.45, 7) is 0.927. The molecule has 0 aromatic carbocycles. The quantitative estimate of drug-likeness (QED) is 0.454. The largest absolute Gasteiger partial charge is 0.370 e. The molecule has 1 saturated carbocycles. The lowest BCUT2D eigenvalue weighted by Gasteiger charge is -2.29. The van der Waals surface area contributed by atoms with E-state index in [1.165, 1.54) is 32.1 Å². The molecule has 1 aliphatic heterocycles. The predicted molar refractivity (Wildman–Crippen MR) is 65.2 cm³/mol. The van der Waals surface area contributed by atoms with Gasteiger partial charge in [-0.3, -0.25) is 5.41 Å². The van der Waals surface area contributed by atoms with E-state index in [0.717, 1.165) is 18.9 Å². The average Bonchev–Trinajstić information content (AvgIpc) is 2.87. The van der Waals surface area contributed by atoms with E-state index in [9.17, 15) is 0 Å². The third-order valence-corrected chi connectivity index (χ3v) is 3.75. The molecule has 0 aromatic heterocycles. The fourth-order valence-electron chi connectivity index (χ4n) is 3.07. The summed E-state index contributed by atoms with van der Waals surface area (Å²) < 4.78 is 0. The summed E-state index contributed by atoms with van der Waals surface area (Å²) in [4.78, 5) is 5.94. The Morgan fingerprint density at radius 3 is 2.44 bits per heavy atom. The molecule has 5 heteroatoms. The number of guanidine groups is 2. The smallest absolute Gasteiger partial charge is 0.221 e. The van der Waals surface area contributed by atoms with Gasteiger partial charge >= 0.3 is 0 Å². The molecule has 90 valence electrons. The summed E-state index contributed by atoms with van der Waals surface area (Å²) >= 11 is 0. The minimum absolute atomic E-state index is 0.0120. The normalized spacial score (nSPS) is 26.0. The number of nitrogens with zero attached hydrogens (tertiary/aromatic N) is 2. The molecule has 2 aliphatic rings. The second kappa shape index (κ2) is 4.72. The fraction of sp³-hybridized carbons (Fsp3) is 0.818. The van der Waals surface area contributed by atoms with Crippen molar-refractivity contribution in [2.24, 2.45) is 22.4 Å². The monoisotopic (exact) mass is 223 g/mol. The first-order valence-electron chi connectivity index (χ1n) is 6.13. The van der Waals surface area contributed by atoms with Crippen molar-refractivity contribution in [1.82, 2.24) is 4.90 Å². The molecule has 1 saturated heterocycles. The molecular weight excluding hydrogens is 202 g/mol. The number of likely N-dealkylation sites (tertiary alicyclic amines) is 1. The number of rotatable bonds is 1. The van der Waals surface area contributed by atoms with Crippen molar-refractivity contribution >= 4 is 11.9 Å². The van der Waals surface area contributed by atoms with Crippen molar-refractivity contribution in [3.05, 3.63) is 0 Å². The van der Waals surface area contributed by atoms with E-state index in [2.05, 4.69) is 9.89 Å². The second-order valence-electron chi connectivity index (χ2n) is 4.81. The summed E-state index contributed by atoms with van der Waals surface area (Å²) in [5.74, 6) is 0.980. The second-order valence-corrected chi connectivity index (χ2v) is 4.81. The van der Waals surface area contributed by atoms with E-state index in [4.69, 9.17) is 16.9 Å². The Kier molecular flexibility index (Phi) is 3.31. The summed E-state index contributed by atoms with van der Waals surface area (Å²) in [5, 5.41) is 7.89. The standard InChI is InChI=1S/C11H21N5/c12-10(13)15-11(14)16-7-3-6-9(16)8-4-1-2-5-8/h8-9H,1-7H2,(H5,12,13,14,15). The van der Waals surface area contributed by atoms with Gasteiger partial charge in [0.25, 0.3) is 0 Å². The minimum Gasteiger partial charge on any atom is -0.370 e. The van der Waals surface area contributed by atoms with Crippen molar-refractivity contribution in [2.45, 2.75) is 44.6 Å². The van der Waals surface area contributed by atoms with Gasteiger partial charge in [0.05, 0.1) is 0 Å². The molecule has 5 N–H and O–H groups in total. The van der Waals surface area contributed by atoms with Crippen molar-refractivity contribution in [1.29, 1.82) is 5.41 Å². The molecule has 0 aromatic rings. The van der Waals surface area contributed by atoms with Gasteiger partial charge in [0, 0.05) is 12.6 Å². The molecule has 0 radical (unpaired) electrons. The summed E-state index contributed by atoms with van der Waals surface area (Å²) in [7, 11) is 0. The first-order valence-corrected chi connectivity index (χ1v) is 6.13. The van der Waals surface area contributed by atoms with Gasteiger partial charge in [0.2, 0.25) is 5.96 Å². The first-order chi connectivity index (χ1) is 7.68. The lowest BCUT2D eigenvalue weighted by Crippen LogP contribution is -2.39. The lowest BCUT2D eigenvalue weighted by molar-refractivity contribution is 0.277. The fourth-order valence-corrected chi connectivity index (χ4v) is 3.07. The highest BCUT2D eigenvalue weighted by Gasteiger charge is 2.34. The molecule has 1 aliphatic carbocycles. The highest BCUT2D eigenvalue weighted by molar-refractivity contribution is 5.92. The van der Waals surface area contributed by atoms with E-state index >= 15 is 0 Å². The third kappa shape index (κ3) is 2.28. The van der Waals surface area contributed by atoms with Crippen LogP contribution in [-0.2, 0) is 0 Å². The molecule has 2 fully saturated rings. The van der Waals surface area contributed by atoms with Crippen LogP contribution in [0.15, 0.2) is 4.99 Å². The van der Waals surface area contributed by atoms with Gasteiger partial charge < -0.3 is 16.4 Å². The number of aliphatic imine (C=N–C) groups is 1. The molecule has 1 atom stereocenters. The van der Waals surface area contributed by atoms with Crippen molar-refractivity contribution in [3.63, 3.8) is 0 Å².